The molecule has 1 aliphatic rings. The second-order valence-electron chi connectivity index (χ2n) is 6.65. The van der Waals surface area contributed by atoms with Crippen molar-refractivity contribution in [3.63, 3.8) is 0 Å². The minimum atomic E-state index is -3.78. The van der Waals surface area contributed by atoms with Gasteiger partial charge in [0, 0.05) is 44.9 Å². The summed E-state index contributed by atoms with van der Waals surface area (Å²) < 4.78 is 25.2. The van der Waals surface area contributed by atoms with Crippen LogP contribution in [0.25, 0.3) is 0 Å². The molecule has 0 radical (unpaired) electrons. The maximum atomic E-state index is 12.8. The number of anilines is 1. The molecule has 1 aliphatic heterocycles. The molecule has 1 amide bonds. The number of hydrogen-bond acceptors (Lipinski definition) is 7. The number of nitro groups is 1. The Hall–Kier alpha value is -3.02. The first-order valence-electron chi connectivity index (χ1n) is 9.16. The Morgan fingerprint density at radius 1 is 1.07 bits per heavy atom. The highest BCUT2D eigenvalue weighted by Crippen LogP contribution is 2.28. The Morgan fingerprint density at radius 2 is 1.67 bits per heavy atom. The minimum Gasteiger partial charge on any atom is -0.362 e. The van der Waals surface area contributed by atoms with Crippen LogP contribution in [0.1, 0.15) is 10.4 Å². The Bertz CT molecular complexity index is 1030. The molecule has 0 spiro atoms. The number of para-hydroxylation sites is 2. The number of carbonyl (C=O) groups excluding carboxylic acids is 1. The van der Waals surface area contributed by atoms with Gasteiger partial charge < -0.3 is 9.80 Å². The molecule has 1 heterocycles. The van der Waals surface area contributed by atoms with E-state index in [0.29, 0.717) is 37.4 Å². The zero-order chi connectivity index (χ0) is 21.9. The maximum Gasteiger partial charge on any atom is 0.292 e. The molecule has 2 aromatic carbocycles. The molecule has 0 N–H and O–H groups in total. The highest BCUT2D eigenvalue weighted by atomic mass is 32.2. The standard InChI is InChI=1S/C19H22N4O6S/c1-20(29-2)30(27,28)16-9-7-15(8-10-16)19(24)22-13-11-21(12-14-22)17-5-3-4-6-18(17)23(25)26/h3-10H,11-14H2,1-2H3. The first-order valence-corrected chi connectivity index (χ1v) is 10.6. The summed E-state index contributed by atoms with van der Waals surface area (Å²) in [5.74, 6) is -0.221. The summed E-state index contributed by atoms with van der Waals surface area (Å²) in [5.41, 5.74) is 0.940. The molecule has 1 fully saturated rings. The van der Waals surface area contributed by atoms with E-state index in [1.165, 1.54) is 44.5 Å². The lowest BCUT2D eigenvalue weighted by molar-refractivity contribution is -0.384. The molecule has 0 aliphatic carbocycles. The zero-order valence-electron chi connectivity index (χ0n) is 16.6. The summed E-state index contributed by atoms with van der Waals surface area (Å²) in [5, 5.41) is 11.2. The quantitative estimate of drug-likeness (QED) is 0.503. The number of sulfonamides is 1. The van der Waals surface area contributed by atoms with Crippen molar-refractivity contribution in [1.29, 1.82) is 0 Å². The predicted octanol–water partition coefficient (Wildman–Crippen LogP) is 1.74. The fourth-order valence-electron chi connectivity index (χ4n) is 3.24. The van der Waals surface area contributed by atoms with Gasteiger partial charge >= 0.3 is 0 Å². The van der Waals surface area contributed by atoms with E-state index in [0.717, 1.165) is 4.47 Å². The average Bonchev–Trinajstić information content (AvgIpc) is 2.78. The van der Waals surface area contributed by atoms with Crippen LogP contribution in [0, 0.1) is 10.1 Å². The van der Waals surface area contributed by atoms with Crippen LogP contribution in [0.3, 0.4) is 0 Å². The van der Waals surface area contributed by atoms with Crippen LogP contribution in [-0.4, -0.2) is 69.0 Å². The SMILES string of the molecule is CON(C)S(=O)(=O)c1ccc(C(=O)N2CCN(c3ccccc3[N+](=O)[O-])CC2)cc1. The predicted molar refractivity (Wildman–Crippen MR) is 110 cm³/mol. The van der Waals surface area contributed by atoms with Crippen molar-refractivity contribution in [3.8, 4) is 0 Å². The van der Waals surface area contributed by atoms with Gasteiger partial charge in [0.1, 0.15) is 5.69 Å². The molecule has 3 rings (SSSR count). The molecule has 11 heteroatoms. The van der Waals surface area contributed by atoms with Crippen molar-refractivity contribution in [2.75, 3.05) is 45.2 Å². The van der Waals surface area contributed by atoms with E-state index in [2.05, 4.69) is 0 Å². The lowest BCUT2D eigenvalue weighted by Gasteiger charge is -2.35. The van der Waals surface area contributed by atoms with Crippen LogP contribution in [-0.2, 0) is 14.9 Å². The van der Waals surface area contributed by atoms with E-state index in [9.17, 15) is 23.3 Å². The van der Waals surface area contributed by atoms with Gasteiger partial charge in [-0.15, -0.1) is 0 Å². The summed E-state index contributed by atoms with van der Waals surface area (Å²) in [6.07, 6.45) is 0. The lowest BCUT2D eigenvalue weighted by atomic mass is 10.1. The molecule has 0 unspecified atom stereocenters. The molecule has 0 atom stereocenters. The summed E-state index contributed by atoms with van der Waals surface area (Å²) in [6, 6.07) is 12.2. The van der Waals surface area contributed by atoms with Crippen LogP contribution < -0.4 is 4.90 Å². The highest BCUT2D eigenvalue weighted by molar-refractivity contribution is 7.89. The summed E-state index contributed by atoms with van der Waals surface area (Å²) >= 11 is 0. The van der Waals surface area contributed by atoms with Crippen LogP contribution in [0.4, 0.5) is 11.4 Å². The number of piperazine rings is 1. The fraction of sp³-hybridized carbons (Fsp3) is 0.316. The number of hydroxylamine groups is 1. The molecular weight excluding hydrogens is 412 g/mol. The molecule has 0 saturated carbocycles. The van der Waals surface area contributed by atoms with Gasteiger partial charge in [0.05, 0.1) is 16.9 Å². The molecule has 30 heavy (non-hydrogen) atoms. The minimum absolute atomic E-state index is 0.0182. The van der Waals surface area contributed by atoms with E-state index >= 15 is 0 Å². The monoisotopic (exact) mass is 434 g/mol. The molecule has 0 aromatic heterocycles. The number of carbonyl (C=O) groups is 1. The van der Waals surface area contributed by atoms with Gasteiger partial charge in [-0.3, -0.25) is 19.7 Å². The number of benzene rings is 2. The Balaban J connectivity index is 1.68. The normalized spacial score (nSPS) is 14.8. The average molecular weight is 434 g/mol. The van der Waals surface area contributed by atoms with E-state index in [4.69, 9.17) is 4.84 Å². The Morgan fingerprint density at radius 3 is 2.23 bits per heavy atom. The van der Waals surface area contributed by atoms with Gasteiger partial charge in [-0.25, -0.2) is 8.42 Å². The third-order valence-corrected chi connectivity index (χ3v) is 6.67. The smallest absolute Gasteiger partial charge is 0.292 e. The largest absolute Gasteiger partial charge is 0.362 e. The van der Waals surface area contributed by atoms with E-state index in [1.54, 1.807) is 23.1 Å². The van der Waals surface area contributed by atoms with Crippen molar-refractivity contribution in [2.24, 2.45) is 0 Å². The van der Waals surface area contributed by atoms with Crippen LogP contribution in [0.2, 0.25) is 0 Å². The van der Waals surface area contributed by atoms with Gasteiger partial charge in [-0.05, 0) is 30.3 Å². The first-order chi connectivity index (χ1) is 14.3. The number of amides is 1. The second-order valence-corrected chi connectivity index (χ2v) is 8.58. The van der Waals surface area contributed by atoms with Gasteiger partial charge in [0.2, 0.25) is 0 Å². The van der Waals surface area contributed by atoms with Crippen molar-refractivity contribution in [2.45, 2.75) is 4.90 Å². The van der Waals surface area contributed by atoms with Crippen LogP contribution in [0.5, 0.6) is 0 Å². The summed E-state index contributed by atoms with van der Waals surface area (Å²) in [6.45, 7) is 1.72. The van der Waals surface area contributed by atoms with Crippen molar-refractivity contribution in [3.05, 3.63) is 64.2 Å². The van der Waals surface area contributed by atoms with Crippen molar-refractivity contribution < 1.29 is 23.0 Å². The van der Waals surface area contributed by atoms with Gasteiger partial charge in [0.25, 0.3) is 21.6 Å². The van der Waals surface area contributed by atoms with Crippen LogP contribution >= 0.6 is 0 Å². The highest BCUT2D eigenvalue weighted by Gasteiger charge is 2.27. The molecule has 10 nitrogen and oxygen atoms in total. The van der Waals surface area contributed by atoms with Crippen molar-refractivity contribution in [1.82, 2.24) is 9.37 Å². The fourth-order valence-corrected chi connectivity index (χ4v) is 4.21. The topological polar surface area (TPSA) is 113 Å². The number of hydrogen-bond donors (Lipinski definition) is 0. The molecule has 0 bridgehead atoms. The molecule has 2 aromatic rings. The summed E-state index contributed by atoms with van der Waals surface area (Å²) in [7, 11) is -1.25. The van der Waals surface area contributed by atoms with E-state index in [-0.39, 0.29) is 16.5 Å². The molecule has 160 valence electrons. The number of rotatable bonds is 6. The lowest BCUT2D eigenvalue weighted by Crippen LogP contribution is -2.49. The molecular formula is C19H22N4O6S. The van der Waals surface area contributed by atoms with Crippen molar-refractivity contribution >= 4 is 27.3 Å². The molecule has 1 saturated heterocycles. The van der Waals surface area contributed by atoms with Gasteiger partial charge in [-0.2, -0.15) is 0 Å². The summed E-state index contributed by atoms with van der Waals surface area (Å²) in [4.78, 5) is 31.9. The number of nitrogens with zero attached hydrogens (tertiary/aromatic N) is 4. The van der Waals surface area contributed by atoms with Gasteiger partial charge in [0.15, 0.2) is 0 Å². The van der Waals surface area contributed by atoms with E-state index in [1.807, 2.05) is 4.90 Å². The number of nitro benzene ring substituents is 1. The Labute approximate surface area is 174 Å². The Kier molecular flexibility index (Phi) is 6.34. The zero-order valence-corrected chi connectivity index (χ0v) is 17.4. The third kappa shape index (κ3) is 4.27. The first kappa shape index (κ1) is 21.7. The third-order valence-electron chi connectivity index (χ3n) is 4.98. The second kappa shape index (κ2) is 8.78. The van der Waals surface area contributed by atoms with E-state index < -0.39 is 14.9 Å². The van der Waals surface area contributed by atoms with Crippen LogP contribution in [0.15, 0.2) is 53.4 Å². The van der Waals surface area contributed by atoms with Gasteiger partial charge in [-0.1, -0.05) is 16.6 Å². The maximum absolute atomic E-state index is 12.8.